The molecule has 0 unspecified atom stereocenters. The minimum Gasteiger partial charge on any atom is -0.313 e. The number of hydrogen-bond acceptors (Lipinski definition) is 1. The molecule has 0 aliphatic carbocycles. The van der Waals surface area contributed by atoms with Crippen LogP contribution in [0.4, 0.5) is 8.78 Å². The Labute approximate surface area is 131 Å². The van der Waals surface area contributed by atoms with Gasteiger partial charge in [-0.3, -0.25) is 0 Å². The van der Waals surface area contributed by atoms with E-state index in [-0.39, 0.29) is 0 Å². The Morgan fingerprint density at radius 3 is 2.32 bits per heavy atom. The van der Waals surface area contributed by atoms with Crippen LogP contribution in [0.1, 0.15) is 36.5 Å². The van der Waals surface area contributed by atoms with Crippen molar-refractivity contribution >= 4 is 0 Å². The van der Waals surface area contributed by atoms with Crippen molar-refractivity contribution in [3.8, 4) is 0 Å². The Balaban J connectivity index is 1.65. The van der Waals surface area contributed by atoms with Gasteiger partial charge in [0.05, 0.1) is 0 Å². The lowest BCUT2D eigenvalue weighted by molar-refractivity contribution is 0.575. The molecule has 0 spiro atoms. The Kier molecular flexibility index (Phi) is 6.53. The van der Waals surface area contributed by atoms with Crippen molar-refractivity contribution in [1.29, 1.82) is 0 Å². The zero-order valence-corrected chi connectivity index (χ0v) is 13.0. The molecule has 0 aromatic heterocycles. The van der Waals surface area contributed by atoms with Crippen LogP contribution in [0.2, 0.25) is 0 Å². The number of halogens is 2. The predicted molar refractivity (Wildman–Crippen MR) is 86.8 cm³/mol. The highest BCUT2D eigenvalue weighted by molar-refractivity contribution is 5.23. The number of nitrogens with one attached hydrogen (secondary N) is 1. The smallest absolute Gasteiger partial charge is 0.126 e. The molecule has 3 heteroatoms. The first-order chi connectivity index (χ1) is 10.7. The molecule has 0 aliphatic rings. The summed E-state index contributed by atoms with van der Waals surface area (Å²) < 4.78 is 26.1. The van der Waals surface area contributed by atoms with E-state index < -0.39 is 11.6 Å². The van der Waals surface area contributed by atoms with Gasteiger partial charge in [-0.05, 0) is 61.1 Å². The minimum atomic E-state index is -0.496. The number of benzene rings is 2. The van der Waals surface area contributed by atoms with Gasteiger partial charge in [-0.25, -0.2) is 8.78 Å². The topological polar surface area (TPSA) is 12.0 Å². The predicted octanol–water partition coefficient (Wildman–Crippen LogP) is 4.64. The van der Waals surface area contributed by atoms with Crippen LogP contribution in [0.15, 0.2) is 42.5 Å². The molecular formula is C19H23F2N. The lowest BCUT2D eigenvalue weighted by atomic mass is 10.1. The van der Waals surface area contributed by atoms with Crippen LogP contribution in [-0.2, 0) is 19.4 Å². The van der Waals surface area contributed by atoms with Crippen LogP contribution >= 0.6 is 0 Å². The van der Waals surface area contributed by atoms with Gasteiger partial charge in [-0.2, -0.15) is 0 Å². The van der Waals surface area contributed by atoms with Gasteiger partial charge < -0.3 is 5.32 Å². The molecule has 2 aromatic carbocycles. The van der Waals surface area contributed by atoms with Gasteiger partial charge in [-0.15, -0.1) is 0 Å². The number of rotatable bonds is 8. The number of unbranched alkanes of at least 4 members (excludes halogenated alkanes) is 1. The molecular weight excluding hydrogens is 280 g/mol. The van der Waals surface area contributed by atoms with Crippen molar-refractivity contribution in [3.63, 3.8) is 0 Å². The zero-order chi connectivity index (χ0) is 15.8. The van der Waals surface area contributed by atoms with Crippen molar-refractivity contribution in [2.75, 3.05) is 6.54 Å². The molecule has 0 bridgehead atoms. The monoisotopic (exact) mass is 303 g/mol. The third-order valence-electron chi connectivity index (χ3n) is 3.72. The Hall–Kier alpha value is -1.74. The summed E-state index contributed by atoms with van der Waals surface area (Å²) in [7, 11) is 0. The summed E-state index contributed by atoms with van der Waals surface area (Å²) >= 11 is 0. The van der Waals surface area contributed by atoms with Gasteiger partial charge >= 0.3 is 0 Å². The second kappa shape index (κ2) is 8.64. The van der Waals surface area contributed by atoms with Crippen molar-refractivity contribution in [2.24, 2.45) is 0 Å². The fourth-order valence-electron chi connectivity index (χ4n) is 2.53. The van der Waals surface area contributed by atoms with Gasteiger partial charge in [0.15, 0.2) is 0 Å². The maximum absolute atomic E-state index is 13.1. The average Bonchev–Trinajstić information content (AvgIpc) is 2.50. The standard InChI is InChI=1S/C19H23F2N/c1-2-15-7-5-8-17(10-15)14-22-9-4-3-6-16-11-18(20)13-19(21)12-16/h5,7-8,10-13,22H,2-4,6,9,14H2,1H3. The van der Waals surface area contributed by atoms with Crippen LogP contribution in [-0.4, -0.2) is 6.54 Å². The summed E-state index contributed by atoms with van der Waals surface area (Å²) in [5.74, 6) is -0.993. The van der Waals surface area contributed by atoms with Crippen LogP contribution in [0.25, 0.3) is 0 Å². The van der Waals surface area contributed by atoms with E-state index in [1.807, 2.05) is 0 Å². The van der Waals surface area contributed by atoms with E-state index in [9.17, 15) is 8.78 Å². The first-order valence-electron chi connectivity index (χ1n) is 7.91. The van der Waals surface area contributed by atoms with Gasteiger partial charge in [-0.1, -0.05) is 31.2 Å². The average molecular weight is 303 g/mol. The van der Waals surface area contributed by atoms with Gasteiger partial charge in [0.1, 0.15) is 11.6 Å². The second-order valence-corrected chi connectivity index (χ2v) is 5.59. The molecule has 1 nitrogen and oxygen atoms in total. The molecule has 1 N–H and O–H groups in total. The quantitative estimate of drug-likeness (QED) is 0.701. The fourth-order valence-corrected chi connectivity index (χ4v) is 2.53. The lowest BCUT2D eigenvalue weighted by Crippen LogP contribution is -2.15. The fraction of sp³-hybridized carbons (Fsp3) is 0.368. The van der Waals surface area contributed by atoms with Gasteiger partial charge in [0.2, 0.25) is 0 Å². The van der Waals surface area contributed by atoms with Crippen molar-refractivity contribution in [1.82, 2.24) is 5.32 Å². The van der Waals surface area contributed by atoms with E-state index in [1.54, 1.807) is 0 Å². The van der Waals surface area contributed by atoms with Crippen LogP contribution in [0.5, 0.6) is 0 Å². The largest absolute Gasteiger partial charge is 0.313 e. The van der Waals surface area contributed by atoms with E-state index in [0.29, 0.717) is 6.42 Å². The Morgan fingerprint density at radius 1 is 0.864 bits per heavy atom. The maximum Gasteiger partial charge on any atom is 0.126 e. The van der Waals surface area contributed by atoms with Gasteiger partial charge in [0, 0.05) is 12.6 Å². The van der Waals surface area contributed by atoms with Gasteiger partial charge in [0.25, 0.3) is 0 Å². The highest BCUT2D eigenvalue weighted by Gasteiger charge is 2.00. The maximum atomic E-state index is 13.1. The third-order valence-corrected chi connectivity index (χ3v) is 3.72. The van der Waals surface area contributed by atoms with E-state index in [2.05, 4.69) is 36.5 Å². The molecule has 0 amide bonds. The molecule has 0 saturated heterocycles. The molecule has 0 atom stereocenters. The van der Waals surface area contributed by atoms with Crippen LogP contribution in [0, 0.1) is 11.6 Å². The van der Waals surface area contributed by atoms with E-state index in [1.165, 1.54) is 23.3 Å². The molecule has 0 fully saturated rings. The zero-order valence-electron chi connectivity index (χ0n) is 13.0. The van der Waals surface area contributed by atoms with Crippen LogP contribution < -0.4 is 5.32 Å². The number of aryl methyl sites for hydroxylation is 2. The summed E-state index contributed by atoms with van der Waals surface area (Å²) in [6, 6.07) is 12.3. The Morgan fingerprint density at radius 2 is 1.59 bits per heavy atom. The highest BCUT2D eigenvalue weighted by atomic mass is 19.1. The molecule has 0 aliphatic heterocycles. The van der Waals surface area contributed by atoms with Crippen LogP contribution in [0.3, 0.4) is 0 Å². The molecule has 22 heavy (non-hydrogen) atoms. The summed E-state index contributed by atoms with van der Waals surface area (Å²) in [4.78, 5) is 0. The number of hydrogen-bond donors (Lipinski definition) is 1. The Bertz CT molecular complexity index is 575. The first-order valence-corrected chi connectivity index (χ1v) is 7.91. The van der Waals surface area contributed by atoms with E-state index >= 15 is 0 Å². The van der Waals surface area contributed by atoms with E-state index in [0.717, 1.165) is 44.0 Å². The van der Waals surface area contributed by atoms with E-state index in [4.69, 9.17) is 0 Å². The first kappa shape index (κ1) is 16.6. The van der Waals surface area contributed by atoms with Crippen molar-refractivity contribution in [3.05, 3.63) is 70.8 Å². The molecule has 118 valence electrons. The normalized spacial score (nSPS) is 10.9. The minimum absolute atomic E-state index is 0.496. The summed E-state index contributed by atoms with van der Waals surface area (Å²) in [6.45, 7) is 3.93. The summed E-state index contributed by atoms with van der Waals surface area (Å²) in [6.07, 6.45) is 3.68. The SMILES string of the molecule is CCc1cccc(CNCCCCc2cc(F)cc(F)c2)c1. The molecule has 2 aromatic rings. The highest BCUT2D eigenvalue weighted by Crippen LogP contribution is 2.11. The second-order valence-electron chi connectivity index (χ2n) is 5.59. The molecule has 0 heterocycles. The summed E-state index contributed by atoms with van der Waals surface area (Å²) in [5.41, 5.74) is 3.38. The van der Waals surface area contributed by atoms with Crippen molar-refractivity contribution < 1.29 is 8.78 Å². The third kappa shape index (κ3) is 5.57. The molecule has 0 radical (unpaired) electrons. The van der Waals surface area contributed by atoms with Crippen molar-refractivity contribution in [2.45, 2.75) is 39.2 Å². The lowest BCUT2D eigenvalue weighted by Gasteiger charge is -2.07. The summed E-state index contributed by atoms with van der Waals surface area (Å²) in [5, 5.41) is 3.41. The molecule has 2 rings (SSSR count). The molecule has 0 saturated carbocycles.